The lowest BCUT2D eigenvalue weighted by Crippen LogP contribution is -1.84. The molecule has 0 amide bonds. The Morgan fingerprint density at radius 1 is 0.650 bits per heavy atom. The Bertz CT molecular complexity index is 678. The van der Waals surface area contributed by atoms with Gasteiger partial charge in [-0.25, -0.2) is 0 Å². The number of nitrogens with zero attached hydrogens (tertiary/aromatic N) is 1. The summed E-state index contributed by atoms with van der Waals surface area (Å²) in [5.74, 6) is 1.65. The first kappa shape index (κ1) is 12.9. The molecule has 3 aromatic rings. The summed E-state index contributed by atoms with van der Waals surface area (Å²) < 4.78 is 6.83. The van der Waals surface area contributed by atoms with Crippen molar-refractivity contribution in [3.8, 4) is 22.6 Å². The van der Waals surface area contributed by atoms with Gasteiger partial charge >= 0.3 is 0 Å². The molecule has 0 aliphatic rings. The van der Waals surface area contributed by atoms with Crippen molar-refractivity contribution in [2.45, 2.75) is 0 Å². The Balaban J connectivity index is 1.78. The minimum Gasteiger partial charge on any atom is -0.457 e. The standard InChI is InChI=1S/C17H12BrNO/c18-15-3-7-17(8-4-15)20-16-5-1-13(2-6-16)14-9-11-19-12-10-14/h1-12H. The van der Waals surface area contributed by atoms with Gasteiger partial charge in [-0.1, -0.05) is 28.1 Å². The number of aromatic nitrogens is 1. The number of pyridine rings is 1. The highest BCUT2D eigenvalue weighted by molar-refractivity contribution is 9.10. The molecule has 0 aliphatic carbocycles. The van der Waals surface area contributed by atoms with Crippen molar-refractivity contribution in [2.75, 3.05) is 0 Å². The summed E-state index contributed by atoms with van der Waals surface area (Å²) in [6.45, 7) is 0. The van der Waals surface area contributed by atoms with Crippen LogP contribution in [-0.4, -0.2) is 4.98 Å². The van der Waals surface area contributed by atoms with E-state index in [0.717, 1.165) is 27.1 Å². The number of hydrogen-bond acceptors (Lipinski definition) is 2. The van der Waals surface area contributed by atoms with Crippen LogP contribution in [0.3, 0.4) is 0 Å². The topological polar surface area (TPSA) is 22.1 Å². The summed E-state index contributed by atoms with van der Waals surface area (Å²) in [6.07, 6.45) is 3.59. The monoisotopic (exact) mass is 325 g/mol. The number of rotatable bonds is 3. The highest BCUT2D eigenvalue weighted by Crippen LogP contribution is 2.26. The normalized spacial score (nSPS) is 10.2. The Morgan fingerprint density at radius 3 is 1.75 bits per heavy atom. The molecule has 2 nitrogen and oxygen atoms in total. The van der Waals surface area contributed by atoms with Crippen molar-refractivity contribution in [2.24, 2.45) is 0 Å². The third-order valence-corrected chi connectivity index (χ3v) is 3.45. The first-order valence-corrected chi connectivity index (χ1v) is 7.04. The van der Waals surface area contributed by atoms with Crippen LogP contribution in [-0.2, 0) is 0 Å². The van der Waals surface area contributed by atoms with Gasteiger partial charge in [0.05, 0.1) is 0 Å². The molecular weight excluding hydrogens is 314 g/mol. The van der Waals surface area contributed by atoms with Crippen molar-refractivity contribution >= 4 is 15.9 Å². The van der Waals surface area contributed by atoms with E-state index < -0.39 is 0 Å². The molecule has 0 atom stereocenters. The van der Waals surface area contributed by atoms with Gasteiger partial charge in [0.2, 0.25) is 0 Å². The SMILES string of the molecule is Brc1ccc(Oc2ccc(-c3ccncc3)cc2)cc1. The van der Waals surface area contributed by atoms with Crippen LogP contribution < -0.4 is 4.74 Å². The molecule has 1 heterocycles. The molecule has 0 unspecified atom stereocenters. The Morgan fingerprint density at radius 2 is 1.15 bits per heavy atom. The fourth-order valence-corrected chi connectivity index (χ4v) is 2.16. The lowest BCUT2D eigenvalue weighted by Gasteiger charge is -2.07. The second kappa shape index (κ2) is 5.88. The Kier molecular flexibility index (Phi) is 3.79. The number of halogens is 1. The van der Waals surface area contributed by atoms with Gasteiger partial charge in [-0.05, 0) is 59.7 Å². The lowest BCUT2D eigenvalue weighted by atomic mass is 10.1. The van der Waals surface area contributed by atoms with E-state index in [9.17, 15) is 0 Å². The fraction of sp³-hybridized carbons (Fsp3) is 0. The van der Waals surface area contributed by atoms with Crippen molar-refractivity contribution in [1.82, 2.24) is 4.98 Å². The molecule has 3 heteroatoms. The summed E-state index contributed by atoms with van der Waals surface area (Å²) in [4.78, 5) is 4.02. The smallest absolute Gasteiger partial charge is 0.127 e. The molecule has 20 heavy (non-hydrogen) atoms. The molecule has 98 valence electrons. The van der Waals surface area contributed by atoms with Crippen LogP contribution in [0.5, 0.6) is 11.5 Å². The van der Waals surface area contributed by atoms with E-state index in [1.807, 2.05) is 60.7 Å². The third-order valence-electron chi connectivity index (χ3n) is 2.92. The van der Waals surface area contributed by atoms with E-state index in [1.54, 1.807) is 12.4 Å². The van der Waals surface area contributed by atoms with Crippen LogP contribution >= 0.6 is 15.9 Å². The highest BCUT2D eigenvalue weighted by Gasteiger charge is 2.00. The van der Waals surface area contributed by atoms with Gasteiger partial charge in [0.15, 0.2) is 0 Å². The number of ether oxygens (including phenoxy) is 1. The molecule has 1 aromatic heterocycles. The molecule has 0 N–H and O–H groups in total. The van der Waals surface area contributed by atoms with Crippen molar-refractivity contribution in [3.05, 3.63) is 77.5 Å². The molecule has 0 fully saturated rings. The molecule has 0 saturated heterocycles. The molecule has 0 bridgehead atoms. The largest absolute Gasteiger partial charge is 0.457 e. The maximum absolute atomic E-state index is 5.79. The maximum Gasteiger partial charge on any atom is 0.127 e. The van der Waals surface area contributed by atoms with Gasteiger partial charge in [0.1, 0.15) is 11.5 Å². The van der Waals surface area contributed by atoms with Crippen LogP contribution in [0.1, 0.15) is 0 Å². The molecule has 3 rings (SSSR count). The Labute approximate surface area is 126 Å². The van der Waals surface area contributed by atoms with Gasteiger partial charge in [-0.15, -0.1) is 0 Å². The van der Waals surface area contributed by atoms with Crippen LogP contribution in [0, 0.1) is 0 Å². The number of hydrogen-bond donors (Lipinski definition) is 0. The molecule has 0 spiro atoms. The predicted octanol–water partition coefficient (Wildman–Crippen LogP) is 5.30. The quantitative estimate of drug-likeness (QED) is 0.651. The summed E-state index contributed by atoms with van der Waals surface area (Å²) in [6, 6.07) is 19.8. The zero-order chi connectivity index (χ0) is 13.8. The van der Waals surface area contributed by atoms with Gasteiger partial charge in [0, 0.05) is 16.9 Å². The average Bonchev–Trinajstić information content (AvgIpc) is 2.51. The second-order valence-corrected chi connectivity index (χ2v) is 5.23. The number of benzene rings is 2. The van der Waals surface area contributed by atoms with E-state index in [2.05, 4.69) is 20.9 Å². The summed E-state index contributed by atoms with van der Waals surface area (Å²) >= 11 is 3.41. The summed E-state index contributed by atoms with van der Waals surface area (Å²) in [5.41, 5.74) is 2.30. The minimum atomic E-state index is 0.824. The molecule has 0 saturated carbocycles. The van der Waals surface area contributed by atoms with E-state index in [0.29, 0.717) is 0 Å². The maximum atomic E-state index is 5.79. The van der Waals surface area contributed by atoms with Crippen LogP contribution in [0.2, 0.25) is 0 Å². The molecular formula is C17H12BrNO. The van der Waals surface area contributed by atoms with Crippen LogP contribution in [0.25, 0.3) is 11.1 Å². The lowest BCUT2D eigenvalue weighted by molar-refractivity contribution is 0.482. The molecule has 0 aliphatic heterocycles. The van der Waals surface area contributed by atoms with E-state index in [4.69, 9.17) is 4.74 Å². The van der Waals surface area contributed by atoms with E-state index in [1.165, 1.54) is 0 Å². The van der Waals surface area contributed by atoms with Gasteiger partial charge < -0.3 is 4.74 Å². The minimum absolute atomic E-state index is 0.824. The summed E-state index contributed by atoms with van der Waals surface area (Å²) in [5, 5.41) is 0. The van der Waals surface area contributed by atoms with Gasteiger partial charge in [-0.3, -0.25) is 4.98 Å². The molecule has 2 aromatic carbocycles. The fourth-order valence-electron chi connectivity index (χ4n) is 1.90. The van der Waals surface area contributed by atoms with E-state index >= 15 is 0 Å². The first-order chi connectivity index (χ1) is 9.81. The first-order valence-electron chi connectivity index (χ1n) is 6.25. The molecule has 0 radical (unpaired) electrons. The highest BCUT2D eigenvalue weighted by atomic mass is 79.9. The Hall–Kier alpha value is -2.13. The third kappa shape index (κ3) is 3.06. The van der Waals surface area contributed by atoms with Gasteiger partial charge in [-0.2, -0.15) is 0 Å². The average molecular weight is 326 g/mol. The second-order valence-electron chi connectivity index (χ2n) is 4.32. The van der Waals surface area contributed by atoms with Gasteiger partial charge in [0.25, 0.3) is 0 Å². The zero-order valence-electron chi connectivity index (χ0n) is 10.7. The summed E-state index contributed by atoms with van der Waals surface area (Å²) in [7, 11) is 0. The van der Waals surface area contributed by atoms with Crippen molar-refractivity contribution < 1.29 is 4.74 Å². The zero-order valence-corrected chi connectivity index (χ0v) is 12.2. The predicted molar refractivity (Wildman–Crippen MR) is 83.9 cm³/mol. The van der Waals surface area contributed by atoms with E-state index in [-0.39, 0.29) is 0 Å². The van der Waals surface area contributed by atoms with Crippen molar-refractivity contribution in [1.29, 1.82) is 0 Å². The van der Waals surface area contributed by atoms with Crippen LogP contribution in [0.15, 0.2) is 77.5 Å². The van der Waals surface area contributed by atoms with Crippen LogP contribution in [0.4, 0.5) is 0 Å². The van der Waals surface area contributed by atoms with Crippen molar-refractivity contribution in [3.63, 3.8) is 0 Å².